The molecule has 1 spiro atoms. The Morgan fingerprint density at radius 3 is 1.12 bits per heavy atom. The maximum Gasteiger partial charge on any atom is 0.164 e. The highest BCUT2D eigenvalue weighted by atomic mass is 15.0. The second-order valence-corrected chi connectivity index (χ2v) is 17.5. The quantitative estimate of drug-likeness (QED) is 0.160. The predicted octanol–water partition coefficient (Wildman–Crippen LogP) is 15.9. The largest absolute Gasteiger partial charge is 0.208 e. The lowest BCUT2D eigenvalue weighted by molar-refractivity contribution is 0.794. The van der Waals surface area contributed by atoms with E-state index in [9.17, 15) is 0 Å². The van der Waals surface area contributed by atoms with Crippen LogP contribution in [-0.2, 0) is 5.41 Å². The third-order valence-electron chi connectivity index (χ3n) is 13.8. The molecule has 13 rings (SSSR count). The molecule has 3 nitrogen and oxygen atoms in total. The van der Waals surface area contributed by atoms with Crippen molar-refractivity contribution in [3.05, 3.63) is 271 Å². The van der Waals surface area contributed by atoms with Crippen LogP contribution in [0.15, 0.2) is 249 Å². The lowest BCUT2D eigenvalue weighted by Gasteiger charge is -2.31. The highest BCUT2D eigenvalue weighted by molar-refractivity contribution is 5.99. The molecule has 67 heavy (non-hydrogen) atoms. The van der Waals surface area contributed by atoms with Crippen LogP contribution in [0, 0.1) is 0 Å². The van der Waals surface area contributed by atoms with Gasteiger partial charge in [0.05, 0.1) is 5.41 Å². The second kappa shape index (κ2) is 15.7. The van der Waals surface area contributed by atoms with Crippen molar-refractivity contribution in [3.8, 4) is 101 Å². The maximum absolute atomic E-state index is 5.14. The molecular formula is C64H41N3. The van der Waals surface area contributed by atoms with Gasteiger partial charge in [0, 0.05) is 16.7 Å². The summed E-state index contributed by atoms with van der Waals surface area (Å²) in [4.78, 5) is 15.3. The zero-order valence-electron chi connectivity index (χ0n) is 36.5. The van der Waals surface area contributed by atoms with E-state index < -0.39 is 5.41 Å². The smallest absolute Gasteiger partial charge is 0.164 e. The summed E-state index contributed by atoms with van der Waals surface area (Å²) >= 11 is 0. The van der Waals surface area contributed by atoms with Gasteiger partial charge in [-0.05, 0) is 113 Å². The highest BCUT2D eigenvalue weighted by Gasteiger charge is 2.51. The van der Waals surface area contributed by atoms with Gasteiger partial charge in [0.2, 0.25) is 0 Å². The molecule has 3 heteroatoms. The molecule has 0 saturated carbocycles. The van der Waals surface area contributed by atoms with E-state index >= 15 is 0 Å². The molecule has 11 aromatic rings. The minimum Gasteiger partial charge on any atom is -0.208 e. The van der Waals surface area contributed by atoms with Gasteiger partial charge >= 0.3 is 0 Å². The van der Waals surface area contributed by atoms with E-state index in [2.05, 4.69) is 224 Å². The van der Waals surface area contributed by atoms with Gasteiger partial charge in [0.15, 0.2) is 17.5 Å². The van der Waals surface area contributed by atoms with Crippen molar-refractivity contribution in [3.63, 3.8) is 0 Å². The van der Waals surface area contributed by atoms with E-state index in [4.69, 9.17) is 15.0 Å². The number of hydrogen-bond donors (Lipinski definition) is 0. The number of aromatic nitrogens is 3. The van der Waals surface area contributed by atoms with Crippen molar-refractivity contribution in [1.82, 2.24) is 15.0 Å². The third-order valence-corrected chi connectivity index (χ3v) is 13.8. The van der Waals surface area contributed by atoms with Crippen LogP contribution in [0.4, 0.5) is 0 Å². The standard InChI is InChI=1S/C64H41N3/c1-4-18-42(19-5-1)43-34-36-46(37-35-43)62-65-61(45-22-8-3-9-23-45)66-63(67-62)50-27-17-25-48(39-50)47-24-16-26-49(38-47)55-41-60-56(40-54(55)44-20-6-2-7-21-44)53-30-12-15-33-59(53)64(60)57-31-13-10-28-51(57)52-29-11-14-32-58(52)64/h1-41H. The van der Waals surface area contributed by atoms with Crippen molar-refractivity contribution in [2.75, 3.05) is 0 Å². The SMILES string of the molecule is c1ccc(-c2ccc(-c3nc(-c4ccccc4)nc(-c4cccc(-c5cccc(-c6cc7c(cc6-c6ccccc6)-c6ccccc6C76c7ccccc7-c7ccccc76)c5)c4)n3)cc2)cc1. The zero-order valence-corrected chi connectivity index (χ0v) is 36.5. The van der Waals surface area contributed by atoms with Crippen molar-refractivity contribution in [2.45, 2.75) is 5.41 Å². The summed E-state index contributed by atoms with van der Waals surface area (Å²) in [6.45, 7) is 0. The average Bonchev–Trinajstić information content (AvgIpc) is 3.88. The van der Waals surface area contributed by atoms with Gasteiger partial charge in [-0.2, -0.15) is 0 Å². The van der Waals surface area contributed by atoms with Crippen molar-refractivity contribution in [2.24, 2.45) is 0 Å². The van der Waals surface area contributed by atoms with Gasteiger partial charge in [0.1, 0.15) is 0 Å². The van der Waals surface area contributed by atoms with Crippen LogP contribution < -0.4 is 0 Å². The monoisotopic (exact) mass is 851 g/mol. The van der Waals surface area contributed by atoms with Crippen molar-refractivity contribution >= 4 is 0 Å². The zero-order chi connectivity index (χ0) is 44.3. The van der Waals surface area contributed by atoms with Crippen molar-refractivity contribution in [1.29, 1.82) is 0 Å². The Morgan fingerprint density at radius 2 is 0.552 bits per heavy atom. The summed E-state index contributed by atoms with van der Waals surface area (Å²) in [5.41, 5.74) is 22.1. The molecule has 1 heterocycles. The molecule has 312 valence electrons. The minimum atomic E-state index is -0.443. The molecule has 1 aromatic heterocycles. The average molecular weight is 852 g/mol. The van der Waals surface area contributed by atoms with Gasteiger partial charge in [-0.1, -0.05) is 224 Å². The predicted molar refractivity (Wildman–Crippen MR) is 274 cm³/mol. The Kier molecular flexibility index (Phi) is 9.07. The van der Waals surface area contributed by atoms with Crippen LogP contribution in [0.1, 0.15) is 22.3 Å². The fourth-order valence-electron chi connectivity index (χ4n) is 10.7. The number of nitrogens with zero attached hydrogens (tertiary/aromatic N) is 3. The Morgan fingerprint density at radius 1 is 0.194 bits per heavy atom. The van der Waals surface area contributed by atoms with E-state index in [1.807, 2.05) is 24.3 Å². The van der Waals surface area contributed by atoms with E-state index in [0.29, 0.717) is 17.5 Å². The molecule has 0 bridgehead atoms. The molecule has 0 fully saturated rings. The fourth-order valence-corrected chi connectivity index (χ4v) is 10.7. The third kappa shape index (κ3) is 6.31. The summed E-state index contributed by atoms with van der Waals surface area (Å²) in [7, 11) is 0. The number of hydrogen-bond acceptors (Lipinski definition) is 3. The molecule has 0 unspecified atom stereocenters. The first-order chi connectivity index (χ1) is 33.2. The molecular weight excluding hydrogens is 811 g/mol. The second-order valence-electron chi connectivity index (χ2n) is 17.5. The molecule has 10 aromatic carbocycles. The summed E-state index contributed by atoms with van der Waals surface area (Å²) < 4.78 is 0. The first-order valence-electron chi connectivity index (χ1n) is 22.9. The first kappa shape index (κ1) is 38.6. The number of benzene rings is 10. The van der Waals surface area contributed by atoms with Crippen LogP contribution in [-0.4, -0.2) is 15.0 Å². The Hall–Kier alpha value is -8.79. The Labute approximate surface area is 390 Å². The fraction of sp³-hybridized carbons (Fsp3) is 0.0156. The van der Waals surface area contributed by atoms with Crippen LogP contribution >= 0.6 is 0 Å². The molecule has 0 radical (unpaired) electrons. The van der Waals surface area contributed by atoms with E-state index in [0.717, 1.165) is 38.9 Å². The maximum atomic E-state index is 5.14. The van der Waals surface area contributed by atoms with E-state index in [-0.39, 0.29) is 0 Å². The van der Waals surface area contributed by atoms with E-state index in [1.54, 1.807) is 0 Å². The molecule has 0 aliphatic heterocycles. The van der Waals surface area contributed by atoms with Crippen molar-refractivity contribution < 1.29 is 0 Å². The van der Waals surface area contributed by atoms with Crippen LogP contribution in [0.25, 0.3) is 101 Å². The van der Waals surface area contributed by atoms with Gasteiger partial charge in [-0.15, -0.1) is 0 Å². The molecule has 2 aliphatic carbocycles. The van der Waals surface area contributed by atoms with Gasteiger partial charge < -0.3 is 0 Å². The van der Waals surface area contributed by atoms with Crippen LogP contribution in [0.5, 0.6) is 0 Å². The highest BCUT2D eigenvalue weighted by Crippen LogP contribution is 2.63. The number of fused-ring (bicyclic) bond motifs is 10. The molecule has 2 aliphatic rings. The minimum absolute atomic E-state index is 0.443. The van der Waals surface area contributed by atoms with Gasteiger partial charge in [0.25, 0.3) is 0 Å². The summed E-state index contributed by atoms with van der Waals surface area (Å²) in [6.07, 6.45) is 0. The van der Waals surface area contributed by atoms with Gasteiger partial charge in [-0.3, -0.25) is 0 Å². The van der Waals surface area contributed by atoms with E-state index in [1.165, 1.54) is 66.8 Å². The normalized spacial score (nSPS) is 12.6. The van der Waals surface area contributed by atoms with Crippen LogP contribution in [0.3, 0.4) is 0 Å². The van der Waals surface area contributed by atoms with Crippen LogP contribution in [0.2, 0.25) is 0 Å². The molecule has 0 atom stereocenters. The summed E-state index contributed by atoms with van der Waals surface area (Å²) in [6, 6.07) is 89.6. The lowest BCUT2D eigenvalue weighted by Crippen LogP contribution is -2.25. The van der Waals surface area contributed by atoms with Gasteiger partial charge in [-0.25, -0.2) is 15.0 Å². The topological polar surface area (TPSA) is 38.7 Å². The lowest BCUT2D eigenvalue weighted by atomic mass is 9.70. The summed E-state index contributed by atoms with van der Waals surface area (Å²) in [5.74, 6) is 1.90. The molecule has 0 N–H and O–H groups in total. The Balaban J connectivity index is 0.952. The Bertz CT molecular complexity index is 3630. The first-order valence-corrected chi connectivity index (χ1v) is 22.9. The molecule has 0 amide bonds. The number of rotatable bonds is 7. The molecule has 0 saturated heterocycles. The summed E-state index contributed by atoms with van der Waals surface area (Å²) in [5, 5.41) is 0.